The first-order chi connectivity index (χ1) is 13.4. The Balaban J connectivity index is 1.43. The fraction of sp³-hybridized carbons (Fsp3) is 0.286. The highest BCUT2D eigenvalue weighted by Crippen LogP contribution is 2.26. The summed E-state index contributed by atoms with van der Waals surface area (Å²) in [5.74, 6) is -0.496. The number of carbonyl (C=O) groups is 3. The van der Waals surface area contributed by atoms with Crippen molar-refractivity contribution in [2.24, 2.45) is 0 Å². The van der Waals surface area contributed by atoms with E-state index in [9.17, 15) is 14.4 Å². The van der Waals surface area contributed by atoms with E-state index in [2.05, 4.69) is 15.9 Å². The molecule has 0 fully saturated rings. The van der Waals surface area contributed by atoms with Crippen LogP contribution in [0.3, 0.4) is 0 Å². The maximum Gasteiger partial charge on any atom is 0.344 e. The molecule has 0 aliphatic carbocycles. The average molecular weight is 446 g/mol. The van der Waals surface area contributed by atoms with Crippen LogP contribution in [0.15, 0.2) is 40.9 Å². The zero-order chi connectivity index (χ0) is 20.3. The van der Waals surface area contributed by atoms with Gasteiger partial charge < -0.3 is 9.47 Å². The molecule has 0 atom stereocenters. The lowest BCUT2D eigenvalue weighted by Gasteiger charge is -2.14. The maximum absolute atomic E-state index is 12.4. The van der Waals surface area contributed by atoms with E-state index in [0.29, 0.717) is 23.3 Å². The van der Waals surface area contributed by atoms with E-state index in [4.69, 9.17) is 9.47 Å². The van der Waals surface area contributed by atoms with Gasteiger partial charge in [0.15, 0.2) is 6.61 Å². The molecule has 7 heteroatoms. The number of benzene rings is 2. The second-order valence-corrected chi connectivity index (χ2v) is 7.50. The maximum atomic E-state index is 12.4. The Hall–Kier alpha value is -2.67. The molecule has 2 amide bonds. The number of aryl methyl sites for hydroxylation is 2. The molecule has 1 aliphatic rings. The Labute approximate surface area is 171 Å². The Morgan fingerprint density at radius 2 is 1.79 bits per heavy atom. The second-order valence-electron chi connectivity index (χ2n) is 6.58. The highest BCUT2D eigenvalue weighted by molar-refractivity contribution is 9.10. The normalized spacial score (nSPS) is 12.9. The lowest BCUT2D eigenvalue weighted by Crippen LogP contribution is -2.31. The van der Waals surface area contributed by atoms with E-state index < -0.39 is 5.97 Å². The molecule has 1 aliphatic heterocycles. The monoisotopic (exact) mass is 445 g/mol. The van der Waals surface area contributed by atoms with E-state index in [0.717, 1.165) is 15.6 Å². The van der Waals surface area contributed by atoms with Gasteiger partial charge in [-0.1, -0.05) is 28.1 Å². The van der Waals surface area contributed by atoms with Gasteiger partial charge in [0.25, 0.3) is 11.8 Å². The van der Waals surface area contributed by atoms with Gasteiger partial charge in [-0.15, -0.1) is 0 Å². The summed E-state index contributed by atoms with van der Waals surface area (Å²) in [4.78, 5) is 37.7. The van der Waals surface area contributed by atoms with Gasteiger partial charge in [-0.05, 0) is 55.7 Å². The molecule has 0 spiro atoms. The van der Waals surface area contributed by atoms with E-state index >= 15 is 0 Å². The quantitative estimate of drug-likeness (QED) is 0.369. The van der Waals surface area contributed by atoms with Crippen molar-refractivity contribution in [2.75, 3.05) is 19.8 Å². The Bertz CT molecular complexity index is 940. The summed E-state index contributed by atoms with van der Waals surface area (Å²) in [6, 6.07) is 10.8. The molecule has 0 unspecified atom stereocenters. The van der Waals surface area contributed by atoms with Crippen molar-refractivity contribution in [1.82, 2.24) is 4.90 Å². The zero-order valence-corrected chi connectivity index (χ0v) is 17.2. The van der Waals surface area contributed by atoms with Crippen LogP contribution in [-0.4, -0.2) is 42.4 Å². The summed E-state index contributed by atoms with van der Waals surface area (Å²) >= 11 is 3.30. The average Bonchev–Trinajstić information content (AvgIpc) is 2.89. The van der Waals surface area contributed by atoms with Gasteiger partial charge >= 0.3 is 5.97 Å². The third-order valence-electron chi connectivity index (χ3n) is 4.41. The van der Waals surface area contributed by atoms with Crippen LogP contribution in [0.5, 0.6) is 5.75 Å². The smallest absolute Gasteiger partial charge is 0.344 e. The summed E-state index contributed by atoms with van der Waals surface area (Å²) in [6.07, 6.45) is 0.363. The molecule has 6 nitrogen and oxygen atoms in total. The molecule has 0 saturated carbocycles. The molecule has 0 saturated heterocycles. The van der Waals surface area contributed by atoms with Crippen LogP contribution >= 0.6 is 15.9 Å². The first-order valence-corrected chi connectivity index (χ1v) is 9.67. The SMILES string of the molecule is Cc1ccc(C)c(OCC(=O)OCCCN2C(=O)c3ccc(Br)cc3C2=O)c1. The second kappa shape index (κ2) is 8.56. The van der Waals surface area contributed by atoms with Crippen molar-refractivity contribution in [3.63, 3.8) is 0 Å². The molecule has 146 valence electrons. The summed E-state index contributed by atoms with van der Waals surface area (Å²) in [5.41, 5.74) is 2.77. The fourth-order valence-electron chi connectivity index (χ4n) is 2.92. The molecular formula is C21H20BrNO5. The minimum Gasteiger partial charge on any atom is -0.482 e. The van der Waals surface area contributed by atoms with Gasteiger partial charge in [0.05, 0.1) is 17.7 Å². The predicted molar refractivity (Wildman–Crippen MR) is 106 cm³/mol. The first-order valence-electron chi connectivity index (χ1n) is 8.88. The van der Waals surface area contributed by atoms with Gasteiger partial charge in [0.2, 0.25) is 0 Å². The number of fused-ring (bicyclic) bond motifs is 1. The molecule has 0 radical (unpaired) electrons. The van der Waals surface area contributed by atoms with Crippen molar-refractivity contribution in [2.45, 2.75) is 20.3 Å². The van der Waals surface area contributed by atoms with E-state index in [1.165, 1.54) is 4.90 Å². The van der Waals surface area contributed by atoms with E-state index in [1.807, 2.05) is 32.0 Å². The minimum absolute atomic E-state index is 0.103. The molecule has 2 aromatic rings. The van der Waals surface area contributed by atoms with Crippen LogP contribution in [0.4, 0.5) is 0 Å². The number of ether oxygens (including phenoxy) is 2. The molecule has 3 rings (SSSR count). The highest BCUT2D eigenvalue weighted by Gasteiger charge is 2.35. The zero-order valence-electron chi connectivity index (χ0n) is 15.7. The van der Waals surface area contributed by atoms with Gasteiger partial charge in [-0.3, -0.25) is 14.5 Å². The lowest BCUT2D eigenvalue weighted by molar-refractivity contribution is -0.146. The molecule has 0 N–H and O–H groups in total. The molecule has 0 bridgehead atoms. The fourth-order valence-corrected chi connectivity index (χ4v) is 3.28. The molecular weight excluding hydrogens is 426 g/mol. The van der Waals surface area contributed by atoms with Crippen LogP contribution in [0.1, 0.15) is 38.3 Å². The lowest BCUT2D eigenvalue weighted by atomic mass is 10.1. The van der Waals surface area contributed by atoms with E-state index in [1.54, 1.807) is 18.2 Å². The van der Waals surface area contributed by atoms with Gasteiger partial charge in [-0.25, -0.2) is 4.79 Å². The summed E-state index contributed by atoms with van der Waals surface area (Å²) in [6.45, 7) is 3.95. The molecule has 0 aromatic heterocycles. The topological polar surface area (TPSA) is 72.9 Å². The Morgan fingerprint density at radius 3 is 2.57 bits per heavy atom. The molecule has 28 heavy (non-hydrogen) atoms. The van der Waals surface area contributed by atoms with E-state index in [-0.39, 0.29) is 31.6 Å². The number of imide groups is 1. The standard InChI is InChI=1S/C21H20BrNO5/c1-13-4-5-14(2)18(10-13)28-12-19(24)27-9-3-8-23-20(25)16-7-6-15(22)11-17(16)21(23)26/h4-7,10-11H,3,8-9,12H2,1-2H3. The molecule has 2 aromatic carbocycles. The highest BCUT2D eigenvalue weighted by atomic mass is 79.9. The van der Waals surface area contributed by atoms with Gasteiger partial charge in [0, 0.05) is 11.0 Å². The largest absolute Gasteiger partial charge is 0.482 e. The number of hydrogen-bond donors (Lipinski definition) is 0. The van der Waals surface area contributed by atoms with Crippen LogP contribution in [0.2, 0.25) is 0 Å². The summed E-state index contributed by atoms with van der Waals surface area (Å²) in [7, 11) is 0. The van der Waals surface area contributed by atoms with Crippen molar-refractivity contribution < 1.29 is 23.9 Å². The third kappa shape index (κ3) is 4.42. The van der Waals surface area contributed by atoms with Gasteiger partial charge in [0.1, 0.15) is 5.75 Å². The number of esters is 1. The Kier molecular flexibility index (Phi) is 6.14. The van der Waals surface area contributed by atoms with Crippen molar-refractivity contribution in [3.8, 4) is 5.75 Å². The minimum atomic E-state index is -0.493. The van der Waals surface area contributed by atoms with Crippen molar-refractivity contribution in [3.05, 3.63) is 63.1 Å². The Morgan fingerprint density at radius 1 is 1.04 bits per heavy atom. The number of amides is 2. The van der Waals surface area contributed by atoms with Crippen molar-refractivity contribution in [1.29, 1.82) is 0 Å². The number of nitrogens with zero attached hydrogens (tertiary/aromatic N) is 1. The number of hydrogen-bond acceptors (Lipinski definition) is 5. The number of rotatable bonds is 7. The predicted octanol–water partition coefficient (Wildman–Crippen LogP) is 3.67. The van der Waals surface area contributed by atoms with Crippen molar-refractivity contribution >= 4 is 33.7 Å². The van der Waals surface area contributed by atoms with Crippen LogP contribution in [0, 0.1) is 13.8 Å². The number of carbonyl (C=O) groups excluding carboxylic acids is 3. The van der Waals surface area contributed by atoms with Crippen LogP contribution < -0.4 is 4.74 Å². The van der Waals surface area contributed by atoms with Gasteiger partial charge in [-0.2, -0.15) is 0 Å². The summed E-state index contributed by atoms with van der Waals surface area (Å²) in [5, 5.41) is 0. The van der Waals surface area contributed by atoms with Crippen LogP contribution in [-0.2, 0) is 9.53 Å². The summed E-state index contributed by atoms with van der Waals surface area (Å²) < 4.78 is 11.4. The third-order valence-corrected chi connectivity index (χ3v) is 4.90. The first kappa shape index (κ1) is 20.1. The number of halogens is 1. The van der Waals surface area contributed by atoms with Crippen LogP contribution in [0.25, 0.3) is 0 Å². The molecule has 1 heterocycles.